The number of aryl methyl sites for hydroxylation is 2. The third-order valence-corrected chi connectivity index (χ3v) is 6.37. The second kappa shape index (κ2) is 7.63. The molecule has 0 atom stereocenters. The molecule has 152 valence electrons. The maximum atomic E-state index is 13.3. The summed E-state index contributed by atoms with van der Waals surface area (Å²) in [4.78, 5) is 13.2. The Balaban J connectivity index is 2.03. The van der Waals surface area contributed by atoms with Gasteiger partial charge in [0.2, 0.25) is 11.2 Å². The van der Waals surface area contributed by atoms with Crippen LogP contribution in [0.1, 0.15) is 11.1 Å². The molecule has 7 heteroatoms. The smallest absolute Gasteiger partial charge is 0.339 e. The van der Waals surface area contributed by atoms with Gasteiger partial charge >= 0.3 is 10.1 Å². The minimum Gasteiger partial charge on any atom is -0.452 e. The van der Waals surface area contributed by atoms with Gasteiger partial charge in [-0.05, 0) is 61.4 Å². The second-order valence-corrected chi connectivity index (χ2v) is 8.81. The maximum absolute atomic E-state index is 13.3. The zero-order valence-corrected chi connectivity index (χ0v) is 17.8. The lowest BCUT2D eigenvalue weighted by atomic mass is 10.1. The van der Waals surface area contributed by atoms with Crippen LogP contribution in [0.15, 0.2) is 80.8 Å². The molecule has 4 rings (SSSR count). The van der Waals surface area contributed by atoms with Gasteiger partial charge in [-0.1, -0.05) is 41.9 Å². The fourth-order valence-corrected chi connectivity index (χ4v) is 4.26. The summed E-state index contributed by atoms with van der Waals surface area (Å²) in [5.74, 6) is -0.469. The number of fused-ring (bicyclic) bond motifs is 1. The van der Waals surface area contributed by atoms with Crippen LogP contribution in [0, 0.1) is 13.8 Å². The average molecular weight is 441 g/mol. The fourth-order valence-electron chi connectivity index (χ4n) is 3.08. The van der Waals surface area contributed by atoms with Crippen molar-refractivity contribution in [2.45, 2.75) is 18.7 Å². The molecule has 0 saturated carbocycles. The van der Waals surface area contributed by atoms with Gasteiger partial charge in [0.1, 0.15) is 10.5 Å². The van der Waals surface area contributed by atoms with Gasteiger partial charge in [-0.25, -0.2) is 0 Å². The monoisotopic (exact) mass is 440 g/mol. The third kappa shape index (κ3) is 3.60. The molecule has 0 N–H and O–H groups in total. The summed E-state index contributed by atoms with van der Waals surface area (Å²) >= 11 is 6.31. The van der Waals surface area contributed by atoms with Gasteiger partial charge in [0, 0.05) is 5.56 Å². The molecule has 0 bridgehead atoms. The van der Waals surface area contributed by atoms with Crippen LogP contribution in [0.4, 0.5) is 0 Å². The molecule has 4 aromatic rings. The summed E-state index contributed by atoms with van der Waals surface area (Å²) in [5, 5.41) is 0.526. The molecule has 0 unspecified atom stereocenters. The fraction of sp³-hybridized carbons (Fsp3) is 0.0870. The number of benzene rings is 3. The Morgan fingerprint density at radius 3 is 2.23 bits per heavy atom. The lowest BCUT2D eigenvalue weighted by Crippen LogP contribution is -2.17. The largest absolute Gasteiger partial charge is 0.452 e. The first kappa shape index (κ1) is 20.2. The Hall–Kier alpha value is -3.09. The Kier molecular flexibility index (Phi) is 5.13. The standard InChI is InChI=1S/C23H17ClO5S/c1-14-12-18-20(13-15(14)2)28-22(17-10-6-7-11-19(17)24)23(21(18)25)29-30(26,27)16-8-4-3-5-9-16/h3-13H,1-2H3. The van der Waals surface area contributed by atoms with E-state index in [4.69, 9.17) is 20.2 Å². The molecule has 30 heavy (non-hydrogen) atoms. The first-order valence-corrected chi connectivity index (χ1v) is 10.9. The highest BCUT2D eigenvalue weighted by molar-refractivity contribution is 7.87. The molecule has 0 aliphatic rings. The van der Waals surface area contributed by atoms with Crippen molar-refractivity contribution in [3.63, 3.8) is 0 Å². The van der Waals surface area contributed by atoms with Crippen molar-refractivity contribution < 1.29 is 17.0 Å². The van der Waals surface area contributed by atoms with Crippen LogP contribution in [0.25, 0.3) is 22.3 Å². The van der Waals surface area contributed by atoms with Crippen molar-refractivity contribution in [1.29, 1.82) is 0 Å². The molecular formula is C23H17ClO5S. The van der Waals surface area contributed by atoms with E-state index >= 15 is 0 Å². The van der Waals surface area contributed by atoms with E-state index < -0.39 is 21.3 Å². The van der Waals surface area contributed by atoms with Crippen LogP contribution in [-0.2, 0) is 10.1 Å². The lowest BCUT2D eigenvalue weighted by Gasteiger charge is -2.13. The number of rotatable bonds is 4. The summed E-state index contributed by atoms with van der Waals surface area (Å²) < 4.78 is 37.0. The lowest BCUT2D eigenvalue weighted by molar-refractivity contribution is 0.472. The Labute approximate surface area is 178 Å². The van der Waals surface area contributed by atoms with Gasteiger partial charge in [-0.15, -0.1) is 0 Å². The molecule has 0 fully saturated rings. The van der Waals surface area contributed by atoms with E-state index in [9.17, 15) is 13.2 Å². The Morgan fingerprint density at radius 1 is 0.900 bits per heavy atom. The van der Waals surface area contributed by atoms with Crippen LogP contribution in [0.2, 0.25) is 5.02 Å². The van der Waals surface area contributed by atoms with Gasteiger partial charge in [0.25, 0.3) is 0 Å². The van der Waals surface area contributed by atoms with Gasteiger partial charge in [-0.2, -0.15) is 8.42 Å². The van der Waals surface area contributed by atoms with Crippen molar-refractivity contribution in [3.8, 4) is 17.1 Å². The zero-order valence-electron chi connectivity index (χ0n) is 16.2. The summed E-state index contributed by atoms with van der Waals surface area (Å²) in [6.07, 6.45) is 0. The normalized spacial score (nSPS) is 11.6. The highest BCUT2D eigenvalue weighted by Crippen LogP contribution is 2.36. The molecule has 0 spiro atoms. The van der Waals surface area contributed by atoms with E-state index in [1.807, 2.05) is 13.8 Å². The molecule has 5 nitrogen and oxygen atoms in total. The first-order valence-electron chi connectivity index (χ1n) is 9.10. The molecular weight excluding hydrogens is 424 g/mol. The van der Waals surface area contributed by atoms with E-state index in [1.165, 1.54) is 12.1 Å². The molecule has 0 saturated heterocycles. The third-order valence-electron chi connectivity index (χ3n) is 4.81. The minimum atomic E-state index is -4.27. The van der Waals surface area contributed by atoms with E-state index in [1.54, 1.807) is 54.6 Å². The number of hydrogen-bond donors (Lipinski definition) is 0. The molecule has 1 aromatic heterocycles. The van der Waals surface area contributed by atoms with Crippen molar-refractivity contribution in [3.05, 3.63) is 93.1 Å². The highest BCUT2D eigenvalue weighted by atomic mass is 35.5. The van der Waals surface area contributed by atoms with Crippen molar-refractivity contribution >= 4 is 32.7 Å². The summed E-state index contributed by atoms with van der Waals surface area (Å²) in [7, 11) is -4.27. The predicted octanol–water partition coefficient (Wildman–Crippen LogP) is 5.50. The van der Waals surface area contributed by atoms with Crippen LogP contribution in [0.3, 0.4) is 0 Å². The SMILES string of the molecule is Cc1cc2oc(-c3ccccc3Cl)c(OS(=O)(=O)c3ccccc3)c(=O)c2cc1C. The average Bonchev–Trinajstić information content (AvgIpc) is 2.73. The van der Waals surface area contributed by atoms with Crippen LogP contribution in [-0.4, -0.2) is 8.42 Å². The number of hydrogen-bond acceptors (Lipinski definition) is 5. The predicted molar refractivity (Wildman–Crippen MR) is 117 cm³/mol. The van der Waals surface area contributed by atoms with Crippen LogP contribution in [0.5, 0.6) is 5.75 Å². The Bertz CT molecular complexity index is 1420. The van der Waals surface area contributed by atoms with E-state index in [0.717, 1.165) is 11.1 Å². The van der Waals surface area contributed by atoms with Crippen LogP contribution >= 0.6 is 11.6 Å². The Morgan fingerprint density at radius 2 is 1.53 bits per heavy atom. The quantitative estimate of drug-likeness (QED) is 0.392. The van der Waals surface area contributed by atoms with Crippen molar-refractivity contribution in [2.24, 2.45) is 0 Å². The van der Waals surface area contributed by atoms with Gasteiger partial charge in [-0.3, -0.25) is 4.79 Å². The van der Waals surface area contributed by atoms with E-state index in [0.29, 0.717) is 16.2 Å². The maximum Gasteiger partial charge on any atom is 0.339 e. The van der Waals surface area contributed by atoms with E-state index in [2.05, 4.69) is 0 Å². The van der Waals surface area contributed by atoms with Crippen molar-refractivity contribution in [2.75, 3.05) is 0 Å². The summed E-state index contributed by atoms with van der Waals surface area (Å²) in [6.45, 7) is 3.76. The minimum absolute atomic E-state index is 0.0409. The molecule has 1 heterocycles. The van der Waals surface area contributed by atoms with Crippen LogP contribution < -0.4 is 9.61 Å². The second-order valence-electron chi connectivity index (χ2n) is 6.85. The molecule has 3 aromatic carbocycles. The van der Waals surface area contributed by atoms with Gasteiger partial charge < -0.3 is 8.60 Å². The molecule has 0 radical (unpaired) electrons. The molecule has 0 amide bonds. The van der Waals surface area contributed by atoms with Gasteiger partial charge in [0.05, 0.1) is 10.4 Å². The van der Waals surface area contributed by atoms with Crippen molar-refractivity contribution in [1.82, 2.24) is 0 Å². The zero-order chi connectivity index (χ0) is 21.5. The highest BCUT2D eigenvalue weighted by Gasteiger charge is 2.26. The molecule has 0 aliphatic carbocycles. The van der Waals surface area contributed by atoms with Gasteiger partial charge in [0.15, 0.2) is 5.76 Å². The number of halogens is 1. The summed E-state index contributed by atoms with van der Waals surface area (Å²) in [6, 6.07) is 17.7. The van der Waals surface area contributed by atoms with E-state index in [-0.39, 0.29) is 16.0 Å². The topological polar surface area (TPSA) is 73.6 Å². The first-order chi connectivity index (χ1) is 14.3. The molecule has 0 aliphatic heterocycles. The summed E-state index contributed by atoms with van der Waals surface area (Å²) in [5.41, 5.74) is 1.89.